The Kier molecular flexibility index (Phi) is 4.92. The number of piperidine rings is 1. The zero-order chi connectivity index (χ0) is 16.1. The lowest BCUT2D eigenvalue weighted by atomic mass is 9.96. The molecule has 0 aromatic heterocycles. The number of nitro groups is 1. The van der Waals surface area contributed by atoms with Crippen molar-refractivity contribution in [2.45, 2.75) is 12.8 Å². The molecule has 0 atom stereocenters. The number of hydrogen-bond acceptors (Lipinski definition) is 4. The van der Waals surface area contributed by atoms with E-state index in [1.165, 1.54) is 18.2 Å². The normalized spacial score (nSPS) is 15.2. The Hall–Kier alpha value is -2.64. The third kappa shape index (κ3) is 3.72. The lowest BCUT2D eigenvalue weighted by Crippen LogP contribution is -2.44. The summed E-state index contributed by atoms with van der Waals surface area (Å²) in [5, 5.41) is 16.0. The number of nitrogens with zero attached hydrogens (tertiary/aromatic N) is 2. The van der Waals surface area contributed by atoms with Crippen LogP contribution < -0.4 is 10.6 Å². The van der Waals surface area contributed by atoms with Crippen LogP contribution in [0.25, 0.3) is 0 Å². The lowest BCUT2D eigenvalue weighted by molar-refractivity contribution is -0.384. The molecule has 0 spiro atoms. The van der Waals surface area contributed by atoms with Gasteiger partial charge in [0.25, 0.3) is 5.69 Å². The first-order valence-electron chi connectivity index (χ1n) is 7.03. The highest BCUT2D eigenvalue weighted by Crippen LogP contribution is 2.20. The molecule has 1 fully saturated rings. The highest BCUT2D eigenvalue weighted by molar-refractivity contribution is 5.90. The number of rotatable bonds is 3. The van der Waals surface area contributed by atoms with Crippen LogP contribution in [0.3, 0.4) is 0 Å². The van der Waals surface area contributed by atoms with Gasteiger partial charge in [-0.15, -0.1) is 0 Å². The molecule has 1 aromatic carbocycles. The number of non-ortho nitro benzene ring substituents is 1. The summed E-state index contributed by atoms with van der Waals surface area (Å²) in [6, 6.07) is 5.49. The van der Waals surface area contributed by atoms with Gasteiger partial charge in [-0.05, 0) is 18.9 Å². The van der Waals surface area contributed by atoms with Gasteiger partial charge in [-0.3, -0.25) is 14.9 Å². The maximum atomic E-state index is 12.1. The number of urea groups is 1. The molecule has 1 heterocycles. The van der Waals surface area contributed by atoms with Crippen LogP contribution in [0.4, 0.5) is 16.2 Å². The maximum Gasteiger partial charge on any atom is 0.321 e. The SMILES string of the molecule is CNC(=O)C1CCN(C(=O)Nc2cccc([N+](=O)[O-])c2)CC1. The second-order valence-corrected chi connectivity index (χ2v) is 5.11. The number of carbonyl (C=O) groups excluding carboxylic acids is 2. The lowest BCUT2D eigenvalue weighted by Gasteiger charge is -2.31. The standard InChI is InChI=1S/C14H18N4O4/c1-15-13(19)10-5-7-17(8-6-10)14(20)16-11-3-2-4-12(9-11)18(21)22/h2-4,9-10H,5-8H2,1H3,(H,15,19)(H,16,20). The number of carbonyl (C=O) groups is 2. The fraction of sp³-hybridized carbons (Fsp3) is 0.429. The molecule has 1 aliphatic heterocycles. The number of hydrogen-bond donors (Lipinski definition) is 2. The molecule has 1 saturated heterocycles. The smallest absolute Gasteiger partial charge is 0.321 e. The van der Waals surface area contributed by atoms with E-state index in [1.54, 1.807) is 18.0 Å². The van der Waals surface area contributed by atoms with E-state index in [2.05, 4.69) is 10.6 Å². The molecule has 0 bridgehead atoms. The summed E-state index contributed by atoms with van der Waals surface area (Å²) in [4.78, 5) is 35.5. The van der Waals surface area contributed by atoms with Gasteiger partial charge in [-0.25, -0.2) is 4.79 Å². The van der Waals surface area contributed by atoms with Gasteiger partial charge in [0.05, 0.1) is 4.92 Å². The van der Waals surface area contributed by atoms with E-state index >= 15 is 0 Å². The number of benzene rings is 1. The molecule has 1 aliphatic rings. The van der Waals surface area contributed by atoms with Crippen molar-refractivity contribution in [2.75, 3.05) is 25.5 Å². The summed E-state index contributed by atoms with van der Waals surface area (Å²) in [7, 11) is 1.60. The van der Waals surface area contributed by atoms with Crippen molar-refractivity contribution in [3.05, 3.63) is 34.4 Å². The molecule has 2 rings (SSSR count). The molecule has 22 heavy (non-hydrogen) atoms. The van der Waals surface area contributed by atoms with Gasteiger partial charge in [-0.1, -0.05) is 6.07 Å². The number of anilines is 1. The Balaban J connectivity index is 1.92. The Morgan fingerprint density at radius 1 is 1.32 bits per heavy atom. The average molecular weight is 306 g/mol. The molecule has 118 valence electrons. The van der Waals surface area contributed by atoms with Crippen LogP contribution in [-0.2, 0) is 4.79 Å². The van der Waals surface area contributed by atoms with Crippen LogP contribution in [0.1, 0.15) is 12.8 Å². The Bertz CT molecular complexity index is 582. The Labute approximate surface area is 127 Å². The molecule has 8 heteroatoms. The van der Waals surface area contributed by atoms with Crippen molar-refractivity contribution in [2.24, 2.45) is 5.92 Å². The van der Waals surface area contributed by atoms with Gasteiger partial charge < -0.3 is 15.5 Å². The van der Waals surface area contributed by atoms with E-state index in [-0.39, 0.29) is 23.5 Å². The molecule has 0 aliphatic carbocycles. The van der Waals surface area contributed by atoms with Crippen LogP contribution in [0, 0.1) is 16.0 Å². The zero-order valence-corrected chi connectivity index (χ0v) is 12.2. The van der Waals surface area contributed by atoms with Gasteiger partial charge in [0.15, 0.2) is 0 Å². The van der Waals surface area contributed by atoms with Crippen LogP contribution in [-0.4, -0.2) is 41.9 Å². The van der Waals surface area contributed by atoms with Gasteiger partial charge in [-0.2, -0.15) is 0 Å². The molecule has 0 radical (unpaired) electrons. The largest absolute Gasteiger partial charge is 0.359 e. The molecule has 2 N–H and O–H groups in total. The van der Waals surface area contributed by atoms with E-state index < -0.39 is 4.92 Å². The predicted octanol–water partition coefficient (Wildman–Crippen LogP) is 1.58. The van der Waals surface area contributed by atoms with Crippen molar-refractivity contribution >= 4 is 23.3 Å². The van der Waals surface area contributed by atoms with Gasteiger partial charge in [0, 0.05) is 43.9 Å². The molecular formula is C14H18N4O4. The summed E-state index contributed by atoms with van der Waals surface area (Å²) in [6.45, 7) is 0.970. The first-order chi connectivity index (χ1) is 10.5. The maximum absolute atomic E-state index is 12.1. The van der Waals surface area contributed by atoms with Crippen LogP contribution in [0.15, 0.2) is 24.3 Å². The van der Waals surface area contributed by atoms with Gasteiger partial charge in [0.1, 0.15) is 0 Å². The second-order valence-electron chi connectivity index (χ2n) is 5.11. The monoisotopic (exact) mass is 306 g/mol. The highest BCUT2D eigenvalue weighted by Gasteiger charge is 2.26. The van der Waals surface area contributed by atoms with Gasteiger partial charge in [0.2, 0.25) is 5.91 Å². The number of likely N-dealkylation sites (tertiary alicyclic amines) is 1. The molecule has 0 saturated carbocycles. The number of nitrogens with one attached hydrogen (secondary N) is 2. The van der Waals surface area contributed by atoms with Crippen molar-refractivity contribution < 1.29 is 14.5 Å². The molecule has 3 amide bonds. The number of amides is 3. The molecule has 1 aromatic rings. The minimum atomic E-state index is -0.509. The summed E-state index contributed by atoms with van der Waals surface area (Å²) >= 11 is 0. The summed E-state index contributed by atoms with van der Waals surface area (Å²) in [6.07, 6.45) is 1.23. The fourth-order valence-electron chi connectivity index (χ4n) is 2.45. The van der Waals surface area contributed by atoms with E-state index in [1.807, 2.05) is 0 Å². The van der Waals surface area contributed by atoms with Crippen molar-refractivity contribution in [3.8, 4) is 0 Å². The highest BCUT2D eigenvalue weighted by atomic mass is 16.6. The topological polar surface area (TPSA) is 105 Å². The van der Waals surface area contributed by atoms with E-state index in [0.29, 0.717) is 31.6 Å². The minimum absolute atomic E-state index is 0.00116. The third-order valence-corrected chi connectivity index (χ3v) is 3.71. The first kappa shape index (κ1) is 15.7. The quantitative estimate of drug-likeness (QED) is 0.653. The fourth-order valence-corrected chi connectivity index (χ4v) is 2.45. The molecular weight excluding hydrogens is 288 g/mol. The second kappa shape index (κ2) is 6.88. The first-order valence-corrected chi connectivity index (χ1v) is 7.03. The van der Waals surface area contributed by atoms with Crippen LogP contribution >= 0.6 is 0 Å². The van der Waals surface area contributed by atoms with Gasteiger partial charge >= 0.3 is 6.03 Å². The minimum Gasteiger partial charge on any atom is -0.359 e. The zero-order valence-electron chi connectivity index (χ0n) is 12.2. The van der Waals surface area contributed by atoms with E-state index in [4.69, 9.17) is 0 Å². The molecule has 0 unspecified atom stereocenters. The Morgan fingerprint density at radius 2 is 2.00 bits per heavy atom. The van der Waals surface area contributed by atoms with Crippen molar-refractivity contribution in [3.63, 3.8) is 0 Å². The summed E-state index contributed by atoms with van der Waals surface area (Å²) in [5.41, 5.74) is 0.309. The summed E-state index contributed by atoms with van der Waals surface area (Å²) in [5.74, 6) is -0.0643. The van der Waals surface area contributed by atoms with Crippen LogP contribution in [0.5, 0.6) is 0 Å². The molecule has 8 nitrogen and oxygen atoms in total. The Morgan fingerprint density at radius 3 is 2.59 bits per heavy atom. The third-order valence-electron chi connectivity index (χ3n) is 3.71. The predicted molar refractivity (Wildman–Crippen MR) is 80.5 cm³/mol. The van der Waals surface area contributed by atoms with Crippen molar-refractivity contribution in [1.29, 1.82) is 0 Å². The van der Waals surface area contributed by atoms with Crippen LogP contribution in [0.2, 0.25) is 0 Å². The average Bonchev–Trinajstić information content (AvgIpc) is 2.54. The van der Waals surface area contributed by atoms with E-state index in [9.17, 15) is 19.7 Å². The van der Waals surface area contributed by atoms with Crippen molar-refractivity contribution in [1.82, 2.24) is 10.2 Å². The summed E-state index contributed by atoms with van der Waals surface area (Å²) < 4.78 is 0. The van der Waals surface area contributed by atoms with E-state index in [0.717, 1.165) is 0 Å². The number of nitro benzene ring substituents is 1.